The smallest absolute Gasteiger partial charge is 0.811 e. The van der Waals surface area contributed by atoms with Crippen molar-refractivity contribution in [3.63, 3.8) is 0 Å². The Kier molecular flexibility index (Phi) is 8.85. The molecule has 2 aliphatic carbocycles. The minimum absolute atomic E-state index is 0. The second kappa shape index (κ2) is 16.1. The van der Waals surface area contributed by atoms with Crippen molar-refractivity contribution >= 4 is 17.4 Å². The SMILES string of the molecule is [2H]C([2H])([2H])c1ccc(-c2[c-]cc(C([2H])([2H])[2H])c(-c3ccccc3)c2)nc1.[2H]C1(c2ccc(C(/C=C(\C)c3[c-]cccc3)=C/C=[N-])cc2)CC2CCC1C2.[Ir+3]. The van der Waals surface area contributed by atoms with Crippen LogP contribution in [0.25, 0.3) is 38.9 Å². The van der Waals surface area contributed by atoms with Crippen LogP contribution in [0, 0.1) is 37.7 Å². The van der Waals surface area contributed by atoms with Crippen LogP contribution in [0.5, 0.6) is 0 Å². The van der Waals surface area contributed by atoms with E-state index in [1.54, 1.807) is 18.2 Å². The molecule has 3 heteroatoms. The molecule has 4 aromatic carbocycles. The van der Waals surface area contributed by atoms with Crippen molar-refractivity contribution in [1.82, 2.24) is 4.98 Å². The largest absolute Gasteiger partial charge is 3.00 e. The first-order valence-corrected chi connectivity index (χ1v) is 15.8. The maximum Gasteiger partial charge on any atom is 3.00 e. The Morgan fingerprint density at radius 2 is 1.77 bits per heavy atom. The zero-order valence-corrected chi connectivity index (χ0v) is 28.7. The third kappa shape index (κ3) is 8.41. The molecular weight excluding hydrogens is 749 g/mol. The molecule has 2 fully saturated rings. The van der Waals surface area contributed by atoms with E-state index in [1.165, 1.54) is 37.6 Å². The van der Waals surface area contributed by atoms with Crippen LogP contribution >= 0.6 is 0 Å². The second-order valence-corrected chi connectivity index (χ2v) is 12.0. The van der Waals surface area contributed by atoms with E-state index in [4.69, 9.17) is 9.60 Å². The molecule has 0 saturated heterocycles. The van der Waals surface area contributed by atoms with E-state index in [0.717, 1.165) is 52.0 Å². The number of pyridine rings is 1. The molecule has 1 heterocycles. The van der Waals surface area contributed by atoms with Gasteiger partial charge >= 0.3 is 20.1 Å². The third-order valence-electron chi connectivity index (χ3n) is 8.97. The van der Waals surface area contributed by atoms with Gasteiger partial charge in [0.2, 0.25) is 0 Å². The number of nitrogens with zero attached hydrogens (tertiary/aromatic N) is 2. The summed E-state index contributed by atoms with van der Waals surface area (Å²) in [6.07, 6.45) is 10.9. The van der Waals surface area contributed by atoms with Crippen LogP contribution in [0.2, 0.25) is 0 Å². The molecule has 0 amide bonds. The van der Waals surface area contributed by atoms with Crippen molar-refractivity contribution < 1.29 is 29.7 Å². The van der Waals surface area contributed by atoms with Crippen LogP contribution < -0.4 is 0 Å². The molecule has 236 valence electrons. The molecule has 2 bridgehead atoms. The van der Waals surface area contributed by atoms with E-state index >= 15 is 0 Å². The second-order valence-electron chi connectivity index (χ2n) is 12.0. The molecule has 5 aromatic rings. The molecule has 0 spiro atoms. The average Bonchev–Trinajstić information content (AvgIpc) is 3.76. The maximum atomic E-state index is 9.35. The van der Waals surface area contributed by atoms with E-state index < -0.39 is 19.6 Å². The van der Waals surface area contributed by atoms with Crippen LogP contribution in [0.3, 0.4) is 0 Å². The molecule has 0 aliphatic heterocycles. The number of benzene rings is 4. The number of allylic oxidation sites excluding steroid dienone is 4. The van der Waals surface area contributed by atoms with Gasteiger partial charge in [0.25, 0.3) is 0 Å². The Labute approximate surface area is 304 Å². The zero-order chi connectivity index (χ0) is 37.8. The monoisotopic (exact) mass is 797 g/mol. The summed E-state index contributed by atoms with van der Waals surface area (Å²) in [6, 6.07) is 38.1. The maximum absolute atomic E-state index is 9.35. The van der Waals surface area contributed by atoms with Crippen LogP contribution in [-0.2, 0) is 20.1 Å². The summed E-state index contributed by atoms with van der Waals surface area (Å²) in [4.78, 5) is 4.21. The van der Waals surface area contributed by atoms with Gasteiger partial charge in [-0.05, 0) is 77.4 Å². The fraction of sp³-hybridized carbons (Fsp3) is 0.227. The Balaban J connectivity index is 0.000000204. The van der Waals surface area contributed by atoms with Gasteiger partial charge in [0.1, 0.15) is 0 Å². The molecule has 2 nitrogen and oxygen atoms in total. The van der Waals surface area contributed by atoms with Gasteiger partial charge in [0, 0.05) is 15.8 Å². The van der Waals surface area contributed by atoms with Crippen LogP contribution in [0.15, 0.2) is 121 Å². The van der Waals surface area contributed by atoms with Crippen molar-refractivity contribution in [1.29, 1.82) is 0 Å². The Hall–Kier alpha value is -4.17. The molecule has 0 N–H and O–H groups in total. The summed E-state index contributed by atoms with van der Waals surface area (Å²) < 4.78 is 54.6. The number of rotatable bonds is 7. The van der Waals surface area contributed by atoms with Gasteiger partial charge in [0.15, 0.2) is 0 Å². The molecule has 3 unspecified atom stereocenters. The normalized spacial score (nSPS) is 22.9. The van der Waals surface area contributed by atoms with Crippen LogP contribution in [0.4, 0.5) is 0 Å². The minimum atomic E-state index is -2.27. The quantitative estimate of drug-likeness (QED) is 0.0918. The zero-order valence-electron chi connectivity index (χ0n) is 33.3. The number of aromatic nitrogens is 1. The molecule has 2 aliphatic rings. The number of aryl methyl sites for hydroxylation is 2. The molecule has 0 radical (unpaired) electrons. The molecule has 7 rings (SSSR count). The van der Waals surface area contributed by atoms with Gasteiger partial charge in [0.05, 0.1) is 0 Å². The van der Waals surface area contributed by atoms with Gasteiger partial charge in [-0.3, -0.25) is 0 Å². The summed E-state index contributed by atoms with van der Waals surface area (Å²) in [7, 11) is 0. The van der Waals surface area contributed by atoms with E-state index in [9.17, 15) is 5.41 Å². The summed E-state index contributed by atoms with van der Waals surface area (Å²) in [5.74, 6) is 0.864. The Bertz CT molecular complexity index is 2090. The number of hydrogen-bond acceptors (Lipinski definition) is 1. The van der Waals surface area contributed by atoms with E-state index in [0.29, 0.717) is 22.7 Å². The van der Waals surface area contributed by atoms with Gasteiger partial charge < -0.3 is 10.4 Å². The number of fused-ring (bicyclic) bond motifs is 2. The first-order valence-electron chi connectivity index (χ1n) is 19.3. The Morgan fingerprint density at radius 1 is 0.936 bits per heavy atom. The summed E-state index contributed by atoms with van der Waals surface area (Å²) in [5.41, 5.74) is 8.16. The summed E-state index contributed by atoms with van der Waals surface area (Å²) >= 11 is 0. The van der Waals surface area contributed by atoms with Crippen LogP contribution in [0.1, 0.15) is 75.9 Å². The van der Waals surface area contributed by atoms with Crippen LogP contribution in [-0.4, -0.2) is 11.2 Å². The fourth-order valence-electron chi connectivity index (χ4n) is 6.59. The van der Waals surface area contributed by atoms with E-state index in [1.807, 2.05) is 54.6 Å². The topological polar surface area (TPSA) is 35.2 Å². The van der Waals surface area contributed by atoms with Crippen molar-refractivity contribution in [3.8, 4) is 22.4 Å². The van der Waals surface area contributed by atoms with Gasteiger partial charge in [-0.25, -0.2) is 0 Å². The predicted molar refractivity (Wildman–Crippen MR) is 194 cm³/mol. The third-order valence-corrected chi connectivity index (χ3v) is 8.97. The standard InChI is InChI=1S/C25H25N.C19H16N.Ir/c1-18(20-5-3-2-4-6-20)15-23(13-14-26)21-9-11-22(12-10-21)25-17-19-7-8-24(25)16-19;1-14-8-11-19(20-13-14)17-10-9-15(2)18(12-17)16-6-4-3-5-7-16;/h2-5,9-15,19,24-25H,7-8,16-17H2,1H3;3-9,11-13H,1-2H3;/q-2;-1;+3/b18-15+,23-13+;;/i25D;1D3,2D3;. The minimum Gasteiger partial charge on any atom is -0.811 e. The predicted octanol–water partition coefficient (Wildman–Crippen LogP) is 11.3. The fourth-order valence-corrected chi connectivity index (χ4v) is 6.59. The van der Waals surface area contributed by atoms with Gasteiger partial charge in [-0.1, -0.05) is 105 Å². The number of hydrogen-bond donors (Lipinski definition) is 0. The summed E-state index contributed by atoms with van der Waals surface area (Å²) in [6.45, 7) is -2.42. The van der Waals surface area contributed by atoms with Gasteiger partial charge in [-0.2, -0.15) is 6.21 Å². The molecule has 47 heavy (non-hydrogen) atoms. The van der Waals surface area contributed by atoms with Crippen molar-refractivity contribution in [2.45, 2.75) is 52.2 Å². The molecule has 2 saturated carbocycles. The van der Waals surface area contributed by atoms with E-state index in [-0.39, 0.29) is 31.2 Å². The average molecular weight is 797 g/mol. The van der Waals surface area contributed by atoms with E-state index in [2.05, 4.69) is 54.4 Å². The first-order chi connectivity index (χ1) is 25.3. The van der Waals surface area contributed by atoms with Crippen molar-refractivity contribution in [3.05, 3.63) is 167 Å². The molecule has 1 aromatic heterocycles. The van der Waals surface area contributed by atoms with Crippen molar-refractivity contribution in [2.24, 2.45) is 11.8 Å². The molecule has 3 atom stereocenters. The van der Waals surface area contributed by atoms with Gasteiger partial charge in [-0.15, -0.1) is 70.8 Å². The van der Waals surface area contributed by atoms with Crippen molar-refractivity contribution in [2.75, 3.05) is 0 Å². The first kappa shape index (κ1) is 25.9. The summed E-state index contributed by atoms with van der Waals surface area (Å²) in [5, 5.41) is 9.35. The molecular formula is C44H41IrN2. The Morgan fingerprint density at radius 3 is 2.40 bits per heavy atom.